The molecular weight excluding hydrogens is 390 g/mol. The van der Waals surface area contributed by atoms with Crippen molar-refractivity contribution in [1.82, 2.24) is 29.5 Å². The number of anilines is 2. The minimum Gasteiger partial charge on any atom is -0.388 e. The second kappa shape index (κ2) is 7.92. The molecule has 0 aliphatic heterocycles. The van der Waals surface area contributed by atoms with Gasteiger partial charge in [-0.05, 0) is 42.5 Å². The number of aliphatic hydroxyl groups excluding tert-OH is 1. The number of nitrogens with zero attached hydrogens (tertiary/aromatic N) is 6. The van der Waals surface area contributed by atoms with Gasteiger partial charge in [0.05, 0.1) is 16.7 Å². The second-order valence-corrected chi connectivity index (χ2v) is 6.99. The summed E-state index contributed by atoms with van der Waals surface area (Å²) in [6.07, 6.45) is 5.22. The number of hydrogen-bond acceptors (Lipinski definition) is 7. The van der Waals surface area contributed by atoms with Gasteiger partial charge in [0, 0.05) is 43.0 Å². The molecule has 0 radical (unpaired) electrons. The lowest BCUT2D eigenvalue weighted by molar-refractivity contribution is 0.268. The van der Waals surface area contributed by atoms with Crippen molar-refractivity contribution >= 4 is 22.5 Å². The first-order valence-corrected chi connectivity index (χ1v) is 9.75. The van der Waals surface area contributed by atoms with Crippen molar-refractivity contribution in [3.05, 3.63) is 79.0 Å². The van der Waals surface area contributed by atoms with Crippen LogP contribution in [0.15, 0.2) is 73.2 Å². The number of pyridine rings is 2. The Labute approximate surface area is 178 Å². The van der Waals surface area contributed by atoms with Gasteiger partial charge in [-0.3, -0.25) is 9.97 Å². The van der Waals surface area contributed by atoms with Crippen molar-refractivity contribution in [2.45, 2.75) is 6.61 Å². The number of hydrogen-bond donors (Lipinski definition) is 2. The number of nitrogens with one attached hydrogen (secondary N) is 1. The van der Waals surface area contributed by atoms with Gasteiger partial charge in [0.2, 0.25) is 0 Å². The highest BCUT2D eigenvalue weighted by Gasteiger charge is 2.12. The lowest BCUT2D eigenvalue weighted by Crippen LogP contribution is -2.00. The summed E-state index contributed by atoms with van der Waals surface area (Å²) in [5.41, 5.74) is 4.89. The fourth-order valence-corrected chi connectivity index (χ4v) is 3.40. The summed E-state index contributed by atoms with van der Waals surface area (Å²) >= 11 is 0. The second-order valence-electron chi connectivity index (χ2n) is 6.99. The summed E-state index contributed by atoms with van der Waals surface area (Å²) < 4.78 is 1.88. The Morgan fingerprint density at radius 1 is 0.935 bits per heavy atom. The van der Waals surface area contributed by atoms with Crippen LogP contribution in [0.3, 0.4) is 0 Å². The molecule has 0 amide bonds. The van der Waals surface area contributed by atoms with Gasteiger partial charge in [0.25, 0.3) is 0 Å². The summed E-state index contributed by atoms with van der Waals surface area (Å²) in [5.74, 6) is 1.77. The van der Waals surface area contributed by atoms with Gasteiger partial charge in [0.1, 0.15) is 23.9 Å². The molecule has 0 spiro atoms. The molecule has 0 fully saturated rings. The van der Waals surface area contributed by atoms with E-state index in [1.165, 1.54) is 0 Å². The number of aliphatic hydroxyl groups is 1. The first-order chi connectivity index (χ1) is 15.2. The molecule has 0 atom stereocenters. The van der Waals surface area contributed by atoms with Gasteiger partial charge in [-0.1, -0.05) is 6.07 Å². The van der Waals surface area contributed by atoms with Crippen LogP contribution < -0.4 is 5.32 Å². The molecule has 0 saturated heterocycles. The molecule has 0 aliphatic carbocycles. The number of aromatic nitrogens is 6. The summed E-state index contributed by atoms with van der Waals surface area (Å²) in [6, 6.07) is 17.2. The zero-order valence-electron chi connectivity index (χ0n) is 16.8. The van der Waals surface area contributed by atoms with E-state index < -0.39 is 0 Å². The van der Waals surface area contributed by atoms with E-state index in [9.17, 15) is 5.11 Å². The maximum atomic E-state index is 9.47. The predicted octanol–water partition coefficient (Wildman–Crippen LogP) is 3.72. The monoisotopic (exact) mass is 409 g/mol. The Morgan fingerprint density at radius 3 is 2.65 bits per heavy atom. The normalized spacial score (nSPS) is 11.0. The van der Waals surface area contributed by atoms with Gasteiger partial charge in [-0.25, -0.2) is 15.0 Å². The van der Waals surface area contributed by atoms with Crippen LogP contribution in [0.1, 0.15) is 5.82 Å². The third-order valence-electron chi connectivity index (χ3n) is 4.96. The van der Waals surface area contributed by atoms with Crippen molar-refractivity contribution in [2.75, 3.05) is 5.32 Å². The molecule has 4 aromatic heterocycles. The van der Waals surface area contributed by atoms with Crippen LogP contribution in [-0.2, 0) is 13.7 Å². The Hall–Kier alpha value is -4.17. The molecule has 2 N–H and O–H groups in total. The van der Waals surface area contributed by atoms with Gasteiger partial charge >= 0.3 is 0 Å². The molecule has 1 aromatic carbocycles. The number of rotatable bonds is 5. The number of benzene rings is 1. The highest BCUT2D eigenvalue weighted by atomic mass is 16.3. The quantitative estimate of drug-likeness (QED) is 0.456. The topological polar surface area (TPSA) is 102 Å². The highest BCUT2D eigenvalue weighted by Crippen LogP contribution is 2.26. The first kappa shape index (κ1) is 18.8. The van der Waals surface area contributed by atoms with Crippen molar-refractivity contribution in [3.8, 4) is 22.8 Å². The van der Waals surface area contributed by atoms with E-state index >= 15 is 0 Å². The van der Waals surface area contributed by atoms with Gasteiger partial charge in [-0.15, -0.1) is 0 Å². The standard InChI is InChI=1S/C23H19N7O/c1-30-20-8-7-16(11-19(20)27-22(30)14-31)26-21-12-18(15-5-4-9-24-13-15)28-23(29-21)17-6-2-3-10-25-17/h2-13,31H,14H2,1H3,(H,26,28,29). The van der Waals surface area contributed by atoms with E-state index in [1.807, 2.05) is 66.2 Å². The summed E-state index contributed by atoms with van der Waals surface area (Å²) in [4.78, 5) is 22.4. The van der Waals surface area contributed by atoms with Gasteiger partial charge in [-0.2, -0.15) is 0 Å². The smallest absolute Gasteiger partial charge is 0.180 e. The van der Waals surface area contributed by atoms with Crippen LogP contribution in [0, 0.1) is 0 Å². The van der Waals surface area contributed by atoms with E-state index in [0.29, 0.717) is 23.2 Å². The Morgan fingerprint density at radius 2 is 1.87 bits per heavy atom. The molecule has 0 aliphatic rings. The van der Waals surface area contributed by atoms with Crippen LogP contribution in [0.2, 0.25) is 0 Å². The molecule has 0 unspecified atom stereocenters. The zero-order valence-corrected chi connectivity index (χ0v) is 16.8. The van der Waals surface area contributed by atoms with Crippen LogP contribution >= 0.6 is 0 Å². The maximum Gasteiger partial charge on any atom is 0.180 e. The average Bonchev–Trinajstić information content (AvgIpc) is 3.15. The maximum absolute atomic E-state index is 9.47. The SMILES string of the molecule is Cn1c(CO)nc2cc(Nc3cc(-c4cccnc4)nc(-c4ccccn4)n3)ccc21. The van der Waals surface area contributed by atoms with E-state index in [1.54, 1.807) is 18.6 Å². The molecule has 5 rings (SSSR count). The molecule has 0 saturated carbocycles. The van der Waals surface area contributed by atoms with E-state index in [-0.39, 0.29) is 6.61 Å². The molecular formula is C23H19N7O. The first-order valence-electron chi connectivity index (χ1n) is 9.75. The minimum atomic E-state index is -0.109. The lowest BCUT2D eigenvalue weighted by Gasteiger charge is -2.10. The van der Waals surface area contributed by atoms with Crippen LogP contribution in [0.5, 0.6) is 0 Å². The van der Waals surface area contributed by atoms with Crippen molar-refractivity contribution in [2.24, 2.45) is 7.05 Å². The van der Waals surface area contributed by atoms with E-state index in [4.69, 9.17) is 4.98 Å². The molecule has 31 heavy (non-hydrogen) atoms. The van der Waals surface area contributed by atoms with Gasteiger partial charge in [0.15, 0.2) is 5.82 Å². The van der Waals surface area contributed by atoms with E-state index in [2.05, 4.69) is 25.3 Å². The third kappa shape index (κ3) is 3.72. The van der Waals surface area contributed by atoms with Gasteiger partial charge < -0.3 is 15.0 Å². The predicted molar refractivity (Wildman–Crippen MR) is 118 cm³/mol. The summed E-state index contributed by atoms with van der Waals surface area (Å²) in [6.45, 7) is -0.109. The fourth-order valence-electron chi connectivity index (χ4n) is 3.40. The number of fused-ring (bicyclic) bond motifs is 1. The molecule has 0 bridgehead atoms. The average molecular weight is 409 g/mol. The van der Waals surface area contributed by atoms with Crippen molar-refractivity contribution in [1.29, 1.82) is 0 Å². The van der Waals surface area contributed by atoms with Crippen LogP contribution in [0.25, 0.3) is 33.8 Å². The highest BCUT2D eigenvalue weighted by molar-refractivity contribution is 5.81. The third-order valence-corrected chi connectivity index (χ3v) is 4.96. The number of aryl methyl sites for hydroxylation is 1. The van der Waals surface area contributed by atoms with Crippen molar-refractivity contribution in [3.63, 3.8) is 0 Å². The molecule has 4 heterocycles. The minimum absolute atomic E-state index is 0.109. The Kier molecular flexibility index (Phi) is 4.81. The van der Waals surface area contributed by atoms with Crippen LogP contribution in [0.4, 0.5) is 11.5 Å². The molecule has 8 nitrogen and oxygen atoms in total. The Balaban J connectivity index is 1.57. The summed E-state index contributed by atoms with van der Waals surface area (Å²) in [5, 5.41) is 12.8. The fraction of sp³-hybridized carbons (Fsp3) is 0.0870. The summed E-state index contributed by atoms with van der Waals surface area (Å²) in [7, 11) is 1.89. The lowest BCUT2D eigenvalue weighted by atomic mass is 10.2. The van der Waals surface area contributed by atoms with E-state index in [0.717, 1.165) is 28.0 Å². The molecule has 152 valence electrons. The largest absolute Gasteiger partial charge is 0.388 e. The Bertz CT molecular complexity index is 1290. The zero-order chi connectivity index (χ0) is 21.2. The molecule has 8 heteroatoms. The molecule has 5 aromatic rings. The van der Waals surface area contributed by atoms with Crippen molar-refractivity contribution < 1.29 is 5.11 Å². The van der Waals surface area contributed by atoms with Crippen LogP contribution in [-0.4, -0.2) is 34.6 Å². The number of imidazole rings is 1.